The lowest BCUT2D eigenvalue weighted by Crippen LogP contribution is -2.44. The Labute approximate surface area is 123 Å². The van der Waals surface area contributed by atoms with E-state index in [-0.39, 0.29) is 11.4 Å². The van der Waals surface area contributed by atoms with Crippen molar-refractivity contribution in [1.29, 1.82) is 0 Å². The molecule has 0 spiro atoms. The third-order valence-electron chi connectivity index (χ3n) is 3.85. The van der Waals surface area contributed by atoms with Crippen molar-refractivity contribution in [3.8, 4) is 0 Å². The van der Waals surface area contributed by atoms with Crippen molar-refractivity contribution >= 4 is 0 Å². The predicted octanol–water partition coefficient (Wildman–Crippen LogP) is 3.67. The van der Waals surface area contributed by atoms with E-state index in [0.717, 1.165) is 12.1 Å². The van der Waals surface area contributed by atoms with Crippen LogP contribution in [0.5, 0.6) is 0 Å². The molecule has 0 aliphatic rings. The first kappa shape index (κ1) is 17.1. The van der Waals surface area contributed by atoms with Gasteiger partial charge in [-0.2, -0.15) is 0 Å². The summed E-state index contributed by atoms with van der Waals surface area (Å²) in [4.78, 5) is 2.22. The van der Waals surface area contributed by atoms with E-state index in [1.807, 2.05) is 12.1 Å². The Morgan fingerprint density at radius 2 is 1.80 bits per heavy atom. The first-order valence-electron chi connectivity index (χ1n) is 7.39. The molecule has 114 valence electrons. The summed E-state index contributed by atoms with van der Waals surface area (Å²) in [5.74, 6) is 0.387. The molecule has 2 atom stereocenters. The molecule has 1 N–H and O–H groups in total. The van der Waals surface area contributed by atoms with Gasteiger partial charge in [0.15, 0.2) is 0 Å². The van der Waals surface area contributed by atoms with Crippen LogP contribution >= 0.6 is 0 Å². The van der Waals surface area contributed by atoms with E-state index in [0.29, 0.717) is 18.5 Å². The van der Waals surface area contributed by atoms with Gasteiger partial charge in [0.05, 0.1) is 0 Å². The van der Waals surface area contributed by atoms with Crippen LogP contribution in [0.4, 0.5) is 4.39 Å². The van der Waals surface area contributed by atoms with E-state index in [2.05, 4.69) is 51.9 Å². The number of halogens is 1. The molecule has 0 fully saturated rings. The van der Waals surface area contributed by atoms with Crippen molar-refractivity contribution in [2.45, 2.75) is 52.7 Å². The highest BCUT2D eigenvalue weighted by atomic mass is 19.1. The average Bonchev–Trinajstić information content (AvgIpc) is 2.36. The molecule has 1 aromatic rings. The summed E-state index contributed by atoms with van der Waals surface area (Å²) >= 11 is 0. The van der Waals surface area contributed by atoms with Gasteiger partial charge < -0.3 is 5.32 Å². The van der Waals surface area contributed by atoms with E-state index in [9.17, 15) is 4.39 Å². The summed E-state index contributed by atoms with van der Waals surface area (Å²) in [6.45, 7) is 12.6. The monoisotopic (exact) mass is 280 g/mol. The second kappa shape index (κ2) is 7.19. The molecule has 0 heterocycles. The van der Waals surface area contributed by atoms with Crippen molar-refractivity contribution in [1.82, 2.24) is 10.2 Å². The fraction of sp³-hybridized carbons (Fsp3) is 0.647. The molecule has 2 nitrogen and oxygen atoms in total. The second-order valence-corrected chi connectivity index (χ2v) is 6.86. The normalized spacial score (nSPS) is 15.4. The lowest BCUT2D eigenvalue weighted by Gasteiger charge is -2.32. The Morgan fingerprint density at radius 1 is 1.20 bits per heavy atom. The molecule has 0 aromatic heterocycles. The molecular weight excluding hydrogens is 251 g/mol. The third kappa shape index (κ3) is 5.59. The van der Waals surface area contributed by atoms with Gasteiger partial charge in [-0.25, -0.2) is 4.39 Å². The molecule has 2 unspecified atom stereocenters. The van der Waals surface area contributed by atoms with Gasteiger partial charge in [0.2, 0.25) is 0 Å². The summed E-state index contributed by atoms with van der Waals surface area (Å²) in [5, 5.41) is 3.53. The SMILES string of the molecule is CC(CNC(C)(C)C)C(C)N(C)Cc1ccccc1F. The zero-order valence-corrected chi connectivity index (χ0v) is 13.7. The van der Waals surface area contributed by atoms with Crippen molar-refractivity contribution in [3.63, 3.8) is 0 Å². The minimum absolute atomic E-state index is 0.119. The van der Waals surface area contributed by atoms with Gasteiger partial charge in [0, 0.05) is 23.7 Å². The van der Waals surface area contributed by atoms with Crippen molar-refractivity contribution in [2.24, 2.45) is 5.92 Å². The number of rotatable bonds is 6. The lowest BCUT2D eigenvalue weighted by molar-refractivity contribution is 0.180. The maximum Gasteiger partial charge on any atom is 0.127 e. The molecule has 20 heavy (non-hydrogen) atoms. The van der Waals surface area contributed by atoms with E-state index in [1.165, 1.54) is 6.07 Å². The maximum absolute atomic E-state index is 13.7. The number of benzene rings is 1. The Morgan fingerprint density at radius 3 is 2.35 bits per heavy atom. The molecule has 0 amide bonds. The first-order valence-corrected chi connectivity index (χ1v) is 7.39. The molecule has 3 heteroatoms. The summed E-state index contributed by atoms with van der Waals surface area (Å²) in [6, 6.07) is 7.40. The molecule has 0 aliphatic carbocycles. The first-order chi connectivity index (χ1) is 9.20. The third-order valence-corrected chi connectivity index (χ3v) is 3.85. The standard InChI is InChI=1S/C17H29FN2/c1-13(11-19-17(3,4)5)14(2)20(6)12-15-9-7-8-10-16(15)18/h7-10,13-14,19H,11-12H2,1-6H3. The number of nitrogens with zero attached hydrogens (tertiary/aromatic N) is 1. The van der Waals surface area contributed by atoms with Gasteiger partial charge in [0.1, 0.15) is 5.82 Å². The van der Waals surface area contributed by atoms with Crippen LogP contribution in [-0.2, 0) is 6.54 Å². The molecule has 1 rings (SSSR count). The highest BCUT2D eigenvalue weighted by molar-refractivity contribution is 5.17. The van der Waals surface area contributed by atoms with Gasteiger partial charge in [-0.15, -0.1) is 0 Å². The van der Waals surface area contributed by atoms with Gasteiger partial charge in [-0.05, 0) is 53.3 Å². The molecule has 0 saturated carbocycles. The van der Waals surface area contributed by atoms with E-state index in [4.69, 9.17) is 0 Å². The van der Waals surface area contributed by atoms with Crippen molar-refractivity contribution in [2.75, 3.05) is 13.6 Å². The maximum atomic E-state index is 13.7. The largest absolute Gasteiger partial charge is 0.312 e. The topological polar surface area (TPSA) is 15.3 Å². The zero-order valence-electron chi connectivity index (χ0n) is 13.7. The van der Waals surface area contributed by atoms with Crippen LogP contribution < -0.4 is 5.32 Å². The lowest BCUT2D eigenvalue weighted by atomic mass is 9.99. The minimum atomic E-state index is -0.119. The van der Waals surface area contributed by atoms with Crippen LogP contribution in [0.15, 0.2) is 24.3 Å². The molecule has 0 radical (unpaired) electrons. The average molecular weight is 280 g/mol. The molecule has 0 aliphatic heterocycles. The van der Waals surface area contributed by atoms with Crippen LogP contribution in [-0.4, -0.2) is 30.1 Å². The van der Waals surface area contributed by atoms with Crippen LogP contribution in [0.3, 0.4) is 0 Å². The molecule has 0 saturated heterocycles. The Bertz CT molecular complexity index is 412. The molecular formula is C17H29FN2. The van der Waals surface area contributed by atoms with Crippen LogP contribution in [0.25, 0.3) is 0 Å². The number of nitrogens with one attached hydrogen (secondary N) is 1. The van der Waals surface area contributed by atoms with Gasteiger partial charge in [0.25, 0.3) is 0 Å². The Balaban J connectivity index is 2.54. The highest BCUT2D eigenvalue weighted by Gasteiger charge is 2.20. The van der Waals surface area contributed by atoms with Crippen molar-refractivity contribution in [3.05, 3.63) is 35.6 Å². The Hall–Kier alpha value is -0.930. The number of hydrogen-bond acceptors (Lipinski definition) is 2. The number of hydrogen-bond donors (Lipinski definition) is 1. The second-order valence-electron chi connectivity index (χ2n) is 6.86. The minimum Gasteiger partial charge on any atom is -0.312 e. The van der Waals surface area contributed by atoms with Crippen LogP contribution in [0, 0.1) is 11.7 Å². The highest BCUT2D eigenvalue weighted by Crippen LogP contribution is 2.15. The fourth-order valence-electron chi connectivity index (χ4n) is 2.11. The van der Waals surface area contributed by atoms with Crippen LogP contribution in [0.1, 0.15) is 40.2 Å². The van der Waals surface area contributed by atoms with E-state index < -0.39 is 0 Å². The molecule has 0 bridgehead atoms. The smallest absolute Gasteiger partial charge is 0.127 e. The Kier molecular flexibility index (Phi) is 6.15. The quantitative estimate of drug-likeness (QED) is 0.855. The van der Waals surface area contributed by atoms with Gasteiger partial charge in [-0.3, -0.25) is 4.90 Å². The summed E-state index contributed by atoms with van der Waals surface area (Å²) in [6.07, 6.45) is 0. The molecule has 1 aromatic carbocycles. The van der Waals surface area contributed by atoms with Crippen LogP contribution in [0.2, 0.25) is 0 Å². The summed E-state index contributed by atoms with van der Waals surface area (Å²) in [7, 11) is 2.06. The van der Waals surface area contributed by atoms with Crippen molar-refractivity contribution < 1.29 is 4.39 Å². The predicted molar refractivity (Wildman–Crippen MR) is 84.2 cm³/mol. The fourth-order valence-corrected chi connectivity index (χ4v) is 2.11. The van der Waals surface area contributed by atoms with E-state index in [1.54, 1.807) is 6.07 Å². The summed E-state index contributed by atoms with van der Waals surface area (Å²) < 4.78 is 13.7. The zero-order chi connectivity index (χ0) is 15.3. The summed E-state index contributed by atoms with van der Waals surface area (Å²) in [5.41, 5.74) is 0.899. The van der Waals surface area contributed by atoms with Gasteiger partial charge in [-0.1, -0.05) is 25.1 Å². The van der Waals surface area contributed by atoms with Gasteiger partial charge >= 0.3 is 0 Å². The van der Waals surface area contributed by atoms with E-state index >= 15 is 0 Å².